The van der Waals surface area contributed by atoms with Crippen LogP contribution in [0.15, 0.2) is 0 Å². The Balaban J connectivity index is 3.81. The average Bonchev–Trinajstić information content (AvgIpc) is 2.20. The van der Waals surface area contributed by atoms with Crippen molar-refractivity contribution in [3.8, 4) is 0 Å². The van der Waals surface area contributed by atoms with Gasteiger partial charge in [-0.2, -0.15) is 0 Å². The molecule has 16 heavy (non-hydrogen) atoms. The van der Waals surface area contributed by atoms with Gasteiger partial charge in [0.1, 0.15) is 0 Å². The average molecular weight is 234 g/mol. The number of nitrogens with one attached hydrogen (secondary N) is 1. The molecule has 0 aromatic rings. The molecule has 1 atom stereocenters. The number of carbonyl (C=O) groups is 1. The Hall–Kier alpha value is -0.690. The summed E-state index contributed by atoms with van der Waals surface area (Å²) in [5.74, 6) is 4.61. The van der Waals surface area contributed by atoms with Crippen molar-refractivity contribution >= 4 is 5.91 Å². The molecule has 3 N–H and O–H groups in total. The minimum Gasteiger partial charge on any atom is -0.381 e. The van der Waals surface area contributed by atoms with Crippen LogP contribution in [0.4, 0.5) is 0 Å². The van der Waals surface area contributed by atoms with Gasteiger partial charge in [0.25, 0.3) is 5.91 Å². The van der Waals surface area contributed by atoms with E-state index in [4.69, 9.17) is 20.1 Å². The zero-order valence-electron chi connectivity index (χ0n) is 10.4. The molecule has 1 unspecified atom stereocenters. The van der Waals surface area contributed by atoms with Gasteiger partial charge in [-0.15, -0.1) is 0 Å². The number of methoxy groups -OCH3 is 1. The normalized spacial score (nSPS) is 13.6. The topological polar surface area (TPSA) is 82.8 Å². The van der Waals surface area contributed by atoms with Crippen molar-refractivity contribution in [3.63, 3.8) is 0 Å². The Labute approximate surface area is 96.4 Å². The fourth-order valence-electron chi connectivity index (χ4n) is 0.982. The predicted octanol–water partition coefficient (Wildman–Crippen LogP) is -0.177. The Morgan fingerprint density at radius 2 is 2.00 bits per heavy atom. The molecule has 0 spiro atoms. The number of nitrogens with two attached hydrogens (primary N) is 1. The third-order valence-corrected chi connectivity index (χ3v) is 1.69. The van der Waals surface area contributed by atoms with E-state index in [1.54, 1.807) is 0 Å². The van der Waals surface area contributed by atoms with Crippen LogP contribution in [0.2, 0.25) is 0 Å². The van der Waals surface area contributed by atoms with Crippen LogP contribution in [0.5, 0.6) is 0 Å². The highest BCUT2D eigenvalue weighted by Gasteiger charge is 2.18. The van der Waals surface area contributed by atoms with Crippen molar-refractivity contribution < 1.29 is 19.0 Å². The molecule has 0 aromatic carbocycles. The van der Waals surface area contributed by atoms with Crippen LogP contribution in [-0.4, -0.2) is 44.5 Å². The molecule has 0 aromatic heterocycles. The number of ether oxygens (including phenoxy) is 3. The Bertz CT molecular complexity index is 203. The molecular formula is C10H22N2O4. The molecule has 0 aliphatic rings. The quantitative estimate of drug-likeness (QED) is 0.276. The fourth-order valence-corrected chi connectivity index (χ4v) is 0.982. The molecule has 0 radical (unpaired) electrons. The van der Waals surface area contributed by atoms with Crippen LogP contribution in [0.25, 0.3) is 0 Å². The van der Waals surface area contributed by atoms with E-state index in [0.717, 1.165) is 0 Å². The predicted molar refractivity (Wildman–Crippen MR) is 59.7 cm³/mol. The third kappa shape index (κ3) is 7.58. The Kier molecular flexibility index (Phi) is 7.24. The van der Waals surface area contributed by atoms with Gasteiger partial charge in [0, 0.05) is 7.11 Å². The maximum absolute atomic E-state index is 11.2. The molecule has 1 amide bonds. The second-order valence-corrected chi connectivity index (χ2v) is 4.28. The van der Waals surface area contributed by atoms with Gasteiger partial charge < -0.3 is 14.2 Å². The van der Waals surface area contributed by atoms with Crippen LogP contribution < -0.4 is 11.3 Å². The number of rotatable bonds is 7. The van der Waals surface area contributed by atoms with Crippen LogP contribution in [-0.2, 0) is 19.0 Å². The number of hydrazine groups is 1. The summed E-state index contributed by atoms with van der Waals surface area (Å²) in [7, 11) is 1.49. The maximum atomic E-state index is 11.2. The van der Waals surface area contributed by atoms with Gasteiger partial charge in [-0.25, -0.2) is 5.84 Å². The van der Waals surface area contributed by atoms with Crippen molar-refractivity contribution in [2.75, 3.05) is 26.9 Å². The molecule has 0 saturated heterocycles. The second-order valence-electron chi connectivity index (χ2n) is 4.28. The lowest BCUT2D eigenvalue weighted by Crippen LogP contribution is -2.43. The molecule has 0 bridgehead atoms. The summed E-state index contributed by atoms with van der Waals surface area (Å²) in [5, 5.41) is 0. The molecule has 6 nitrogen and oxygen atoms in total. The summed E-state index contributed by atoms with van der Waals surface area (Å²) < 4.78 is 15.6. The first-order valence-corrected chi connectivity index (χ1v) is 5.15. The lowest BCUT2D eigenvalue weighted by Gasteiger charge is -2.21. The molecule has 0 fully saturated rings. The van der Waals surface area contributed by atoms with Gasteiger partial charge in [0.15, 0.2) is 6.10 Å². The maximum Gasteiger partial charge on any atom is 0.265 e. The smallest absolute Gasteiger partial charge is 0.265 e. The van der Waals surface area contributed by atoms with Crippen molar-refractivity contribution in [1.82, 2.24) is 5.43 Å². The van der Waals surface area contributed by atoms with Gasteiger partial charge in [-0.1, -0.05) is 0 Å². The van der Waals surface area contributed by atoms with Crippen LogP contribution >= 0.6 is 0 Å². The molecule has 96 valence electrons. The second kappa shape index (κ2) is 7.56. The van der Waals surface area contributed by atoms with Crippen molar-refractivity contribution in [2.24, 2.45) is 5.84 Å². The first-order chi connectivity index (χ1) is 7.40. The summed E-state index contributed by atoms with van der Waals surface area (Å²) in [6.07, 6.45) is -0.696. The van der Waals surface area contributed by atoms with Gasteiger partial charge in [0.05, 0.1) is 25.4 Å². The summed E-state index contributed by atoms with van der Waals surface area (Å²) in [6.45, 7) is 6.75. The van der Waals surface area contributed by atoms with E-state index in [1.807, 2.05) is 26.2 Å². The lowest BCUT2D eigenvalue weighted by molar-refractivity contribution is -0.138. The van der Waals surface area contributed by atoms with E-state index in [9.17, 15) is 4.79 Å². The standard InChI is InChI=1S/C10H22N2O4/c1-10(2,3)16-6-5-15-8(7-14-4)9(13)12-11/h8H,5-7,11H2,1-4H3,(H,12,13). The summed E-state index contributed by atoms with van der Waals surface area (Å²) in [5.41, 5.74) is 1.81. The highest BCUT2D eigenvalue weighted by Crippen LogP contribution is 2.06. The van der Waals surface area contributed by atoms with E-state index in [2.05, 4.69) is 0 Å². The molecular weight excluding hydrogens is 212 g/mol. The number of hydrogen-bond donors (Lipinski definition) is 2. The van der Waals surface area contributed by atoms with E-state index < -0.39 is 12.0 Å². The highest BCUT2D eigenvalue weighted by molar-refractivity contribution is 5.80. The monoisotopic (exact) mass is 234 g/mol. The minimum atomic E-state index is -0.696. The van der Waals surface area contributed by atoms with Gasteiger partial charge in [0.2, 0.25) is 0 Å². The van der Waals surface area contributed by atoms with E-state index >= 15 is 0 Å². The molecule has 6 heteroatoms. The zero-order chi connectivity index (χ0) is 12.6. The molecule has 0 saturated carbocycles. The summed E-state index contributed by atoms with van der Waals surface area (Å²) in [4.78, 5) is 11.2. The van der Waals surface area contributed by atoms with Crippen molar-refractivity contribution in [2.45, 2.75) is 32.5 Å². The van der Waals surface area contributed by atoms with Crippen molar-refractivity contribution in [1.29, 1.82) is 0 Å². The number of hydrogen-bond acceptors (Lipinski definition) is 5. The first-order valence-electron chi connectivity index (χ1n) is 5.15. The SMILES string of the molecule is COCC(OCCOC(C)(C)C)C(=O)NN. The molecule has 0 aliphatic carbocycles. The van der Waals surface area contributed by atoms with Crippen molar-refractivity contribution in [3.05, 3.63) is 0 Å². The largest absolute Gasteiger partial charge is 0.381 e. The van der Waals surface area contributed by atoms with Gasteiger partial charge in [-0.3, -0.25) is 10.2 Å². The van der Waals surface area contributed by atoms with Crippen LogP contribution in [0.3, 0.4) is 0 Å². The summed E-state index contributed by atoms with van der Waals surface area (Å²) >= 11 is 0. The molecule has 0 aliphatic heterocycles. The number of amides is 1. The van der Waals surface area contributed by atoms with E-state index in [1.165, 1.54) is 7.11 Å². The zero-order valence-corrected chi connectivity index (χ0v) is 10.4. The Morgan fingerprint density at radius 1 is 1.38 bits per heavy atom. The first kappa shape index (κ1) is 15.3. The third-order valence-electron chi connectivity index (χ3n) is 1.69. The molecule has 0 heterocycles. The number of carbonyl (C=O) groups excluding carboxylic acids is 1. The highest BCUT2D eigenvalue weighted by atomic mass is 16.6. The van der Waals surface area contributed by atoms with Crippen LogP contribution in [0.1, 0.15) is 20.8 Å². The fraction of sp³-hybridized carbons (Fsp3) is 0.900. The van der Waals surface area contributed by atoms with E-state index in [0.29, 0.717) is 13.2 Å². The summed E-state index contributed by atoms with van der Waals surface area (Å²) in [6, 6.07) is 0. The molecule has 0 rings (SSSR count). The van der Waals surface area contributed by atoms with Gasteiger partial charge in [-0.05, 0) is 20.8 Å². The Morgan fingerprint density at radius 3 is 2.44 bits per heavy atom. The van der Waals surface area contributed by atoms with Gasteiger partial charge >= 0.3 is 0 Å². The lowest BCUT2D eigenvalue weighted by atomic mass is 10.2. The van der Waals surface area contributed by atoms with E-state index in [-0.39, 0.29) is 12.2 Å². The minimum absolute atomic E-state index is 0.165. The van der Waals surface area contributed by atoms with Crippen LogP contribution in [0, 0.1) is 0 Å².